The Hall–Kier alpha value is -1.17. The summed E-state index contributed by atoms with van der Waals surface area (Å²) >= 11 is 0. The second-order valence-corrected chi connectivity index (χ2v) is 8.81. The smallest absolute Gasteiger partial charge is 0.311 e. The number of ether oxygens (including phenoxy) is 1. The summed E-state index contributed by atoms with van der Waals surface area (Å²) in [6.07, 6.45) is 12.9. The van der Waals surface area contributed by atoms with Gasteiger partial charge in [-0.05, 0) is 44.4 Å². The average Bonchev–Trinajstić information content (AvgIpc) is 3.25. The van der Waals surface area contributed by atoms with E-state index in [1.807, 2.05) is 13.0 Å². The molecule has 0 aromatic carbocycles. The monoisotopic (exact) mass is 394 g/mol. The Labute approximate surface area is 169 Å². The predicted molar refractivity (Wildman–Crippen MR) is 110 cm³/mol. The lowest BCUT2D eigenvalue weighted by atomic mass is 9.89. The third-order valence-electron chi connectivity index (χ3n) is 6.63. The van der Waals surface area contributed by atoms with Crippen LogP contribution in [-0.2, 0) is 9.53 Å². The van der Waals surface area contributed by atoms with Crippen LogP contribution in [0.1, 0.15) is 65.2 Å². The summed E-state index contributed by atoms with van der Waals surface area (Å²) in [5.41, 5.74) is -0.346. The molecule has 0 heterocycles. The van der Waals surface area contributed by atoms with E-state index in [1.165, 1.54) is 7.11 Å². The van der Waals surface area contributed by atoms with Crippen molar-refractivity contribution in [2.24, 2.45) is 23.2 Å². The number of allylic oxidation sites excluding steroid dienone is 2. The lowest BCUT2D eigenvalue weighted by molar-refractivity contribution is -0.146. The highest BCUT2D eigenvalue weighted by Crippen LogP contribution is 2.55. The molecule has 0 amide bonds. The van der Waals surface area contributed by atoms with Crippen molar-refractivity contribution in [3.8, 4) is 0 Å². The van der Waals surface area contributed by atoms with Crippen LogP contribution in [0.3, 0.4) is 0 Å². The first kappa shape index (κ1) is 23.1. The van der Waals surface area contributed by atoms with E-state index in [9.17, 15) is 20.1 Å². The average molecular weight is 395 g/mol. The summed E-state index contributed by atoms with van der Waals surface area (Å²) in [5, 5.41) is 30.7. The van der Waals surface area contributed by atoms with Gasteiger partial charge in [0.1, 0.15) is 0 Å². The summed E-state index contributed by atoms with van der Waals surface area (Å²) in [6.45, 7) is 4.08. The third-order valence-corrected chi connectivity index (χ3v) is 6.63. The van der Waals surface area contributed by atoms with Crippen LogP contribution >= 0.6 is 0 Å². The maximum atomic E-state index is 11.7. The zero-order valence-corrected chi connectivity index (χ0v) is 17.6. The molecule has 2 rings (SSSR count). The van der Waals surface area contributed by atoms with Crippen molar-refractivity contribution in [3.05, 3.63) is 24.3 Å². The second-order valence-electron chi connectivity index (χ2n) is 8.81. The van der Waals surface area contributed by atoms with Crippen molar-refractivity contribution < 1.29 is 24.9 Å². The Kier molecular flexibility index (Phi) is 8.72. The molecule has 0 radical (unpaired) electrons. The predicted octanol–water partition coefficient (Wildman–Crippen LogP) is 3.38. The van der Waals surface area contributed by atoms with E-state index in [2.05, 4.69) is 19.1 Å². The number of carbonyl (C=O) groups excluding carboxylic acids is 1. The van der Waals surface area contributed by atoms with E-state index < -0.39 is 18.3 Å². The molecule has 0 aromatic rings. The van der Waals surface area contributed by atoms with Crippen LogP contribution < -0.4 is 0 Å². The molecule has 5 nitrogen and oxygen atoms in total. The minimum atomic E-state index is -0.571. The van der Waals surface area contributed by atoms with Crippen LogP contribution in [0, 0.1) is 23.2 Å². The van der Waals surface area contributed by atoms with Crippen molar-refractivity contribution in [2.45, 2.75) is 83.5 Å². The minimum Gasteiger partial charge on any atom is -0.469 e. The molecule has 3 N–H and O–H groups in total. The molecule has 2 saturated carbocycles. The Balaban J connectivity index is 1.82. The van der Waals surface area contributed by atoms with Gasteiger partial charge >= 0.3 is 5.97 Å². The molecule has 0 saturated heterocycles. The highest BCUT2D eigenvalue weighted by Gasteiger charge is 2.56. The van der Waals surface area contributed by atoms with E-state index in [-0.39, 0.29) is 23.2 Å². The Morgan fingerprint density at radius 2 is 1.93 bits per heavy atom. The van der Waals surface area contributed by atoms with E-state index >= 15 is 0 Å². The molecular weight excluding hydrogens is 356 g/mol. The summed E-state index contributed by atoms with van der Waals surface area (Å²) in [6, 6.07) is 0. The minimum absolute atomic E-state index is 0.0449. The number of unbranched alkanes of at least 4 members (excludes halogenated alkanes) is 2. The molecule has 2 aliphatic rings. The van der Waals surface area contributed by atoms with Gasteiger partial charge in [0.2, 0.25) is 0 Å². The Bertz CT molecular complexity index is 557. The fourth-order valence-electron chi connectivity index (χ4n) is 4.46. The summed E-state index contributed by atoms with van der Waals surface area (Å²) in [7, 11) is 1.43. The Morgan fingerprint density at radius 3 is 2.61 bits per heavy atom. The number of carbonyl (C=O) groups is 1. The normalized spacial score (nSPS) is 36.3. The molecule has 0 aromatic heterocycles. The number of hydrogen-bond donors (Lipinski definition) is 3. The van der Waals surface area contributed by atoms with Gasteiger partial charge in [-0.2, -0.15) is 0 Å². The first-order chi connectivity index (χ1) is 13.3. The van der Waals surface area contributed by atoms with Gasteiger partial charge in [-0.15, -0.1) is 0 Å². The standard InChI is InChI=1S/C23H38O5/c1-4-5-6-10-17(24)12-13-19-18(20(25)14-21(19)26)11-8-7-9-16-15-23(16,2)22(27)28-3/h7-8,12-13,16-21,24-26H,4-6,9-11,14-15H2,1-3H3/t16-,17-,18-,19-,20+,21-,23-/m1/s1. The van der Waals surface area contributed by atoms with Crippen LogP contribution in [0.15, 0.2) is 24.3 Å². The van der Waals surface area contributed by atoms with E-state index in [4.69, 9.17) is 4.74 Å². The largest absolute Gasteiger partial charge is 0.469 e. The molecule has 0 bridgehead atoms. The maximum Gasteiger partial charge on any atom is 0.311 e. The second kappa shape index (κ2) is 10.6. The van der Waals surface area contributed by atoms with Gasteiger partial charge in [-0.25, -0.2) is 0 Å². The van der Waals surface area contributed by atoms with Crippen molar-refractivity contribution in [1.82, 2.24) is 0 Å². The quantitative estimate of drug-likeness (QED) is 0.284. The zero-order valence-electron chi connectivity index (χ0n) is 17.6. The number of rotatable bonds is 11. The van der Waals surface area contributed by atoms with Crippen LogP contribution in [0.25, 0.3) is 0 Å². The molecular formula is C23H38O5. The lowest BCUT2D eigenvalue weighted by Gasteiger charge is -2.19. The van der Waals surface area contributed by atoms with Crippen LogP contribution in [0.5, 0.6) is 0 Å². The van der Waals surface area contributed by atoms with Crippen molar-refractivity contribution in [3.63, 3.8) is 0 Å². The SMILES string of the molecule is CCCCC[C@@H](O)C=C[C@@H]1[C@@H](CC=CC[C@@H]2C[C@@]2(C)C(=O)OC)[C@@H](O)C[C@H]1O. The number of hydrogen-bond acceptors (Lipinski definition) is 5. The number of aliphatic hydroxyl groups is 3. The third kappa shape index (κ3) is 5.91. The molecule has 0 spiro atoms. The fraction of sp³-hybridized carbons (Fsp3) is 0.783. The highest BCUT2D eigenvalue weighted by atomic mass is 16.5. The van der Waals surface area contributed by atoms with Crippen molar-refractivity contribution >= 4 is 5.97 Å². The molecule has 2 aliphatic carbocycles. The number of aliphatic hydroxyl groups excluding tert-OH is 3. The van der Waals surface area contributed by atoms with Gasteiger partial charge < -0.3 is 20.1 Å². The number of methoxy groups -OCH3 is 1. The van der Waals surface area contributed by atoms with Crippen LogP contribution in [-0.4, -0.2) is 46.7 Å². The van der Waals surface area contributed by atoms with Gasteiger partial charge in [0.05, 0.1) is 30.8 Å². The fourth-order valence-corrected chi connectivity index (χ4v) is 4.46. The molecule has 2 fully saturated rings. The summed E-state index contributed by atoms with van der Waals surface area (Å²) in [4.78, 5) is 11.7. The summed E-state index contributed by atoms with van der Waals surface area (Å²) < 4.78 is 4.86. The van der Waals surface area contributed by atoms with Crippen LogP contribution in [0.4, 0.5) is 0 Å². The van der Waals surface area contributed by atoms with Crippen molar-refractivity contribution in [1.29, 1.82) is 0 Å². The maximum absolute atomic E-state index is 11.7. The van der Waals surface area contributed by atoms with Crippen molar-refractivity contribution in [2.75, 3.05) is 7.11 Å². The zero-order chi connectivity index (χ0) is 20.7. The molecule has 7 atom stereocenters. The number of esters is 1. The van der Waals surface area contributed by atoms with E-state index in [0.29, 0.717) is 18.8 Å². The van der Waals surface area contributed by atoms with Gasteiger partial charge in [0, 0.05) is 12.3 Å². The van der Waals surface area contributed by atoms with Gasteiger partial charge in [0.15, 0.2) is 0 Å². The van der Waals surface area contributed by atoms with Gasteiger partial charge in [0.25, 0.3) is 0 Å². The Morgan fingerprint density at radius 1 is 1.21 bits per heavy atom. The van der Waals surface area contributed by atoms with Gasteiger partial charge in [-0.3, -0.25) is 4.79 Å². The molecule has 28 heavy (non-hydrogen) atoms. The lowest BCUT2D eigenvalue weighted by Crippen LogP contribution is -2.20. The van der Waals surface area contributed by atoms with E-state index in [1.54, 1.807) is 6.08 Å². The first-order valence-electron chi connectivity index (χ1n) is 10.8. The first-order valence-corrected chi connectivity index (χ1v) is 10.8. The van der Waals surface area contributed by atoms with Crippen LogP contribution in [0.2, 0.25) is 0 Å². The van der Waals surface area contributed by atoms with E-state index in [0.717, 1.165) is 38.5 Å². The molecule has 0 aliphatic heterocycles. The highest BCUT2D eigenvalue weighted by molar-refractivity contribution is 5.80. The topological polar surface area (TPSA) is 87.0 Å². The van der Waals surface area contributed by atoms with Gasteiger partial charge in [-0.1, -0.05) is 50.5 Å². The molecule has 0 unspecified atom stereocenters. The molecule has 5 heteroatoms. The summed E-state index contributed by atoms with van der Waals surface area (Å²) in [5.74, 6) is 0.00505. The molecule has 160 valence electrons.